The summed E-state index contributed by atoms with van der Waals surface area (Å²) in [6, 6.07) is 17.8. The van der Waals surface area contributed by atoms with Crippen molar-refractivity contribution in [3.63, 3.8) is 0 Å². The molecule has 166 valence electrons. The molecule has 0 aromatic heterocycles. The molecule has 0 aliphatic heterocycles. The van der Waals surface area contributed by atoms with E-state index >= 15 is 0 Å². The minimum absolute atomic E-state index is 0.0155. The van der Waals surface area contributed by atoms with Gasteiger partial charge in [0.1, 0.15) is 5.75 Å². The first-order chi connectivity index (χ1) is 15.2. The van der Waals surface area contributed by atoms with Crippen molar-refractivity contribution < 1.29 is 27.5 Å². The Morgan fingerprint density at radius 2 is 1.53 bits per heavy atom. The van der Waals surface area contributed by atoms with Crippen LogP contribution in [0.15, 0.2) is 72.8 Å². The highest BCUT2D eigenvalue weighted by Crippen LogP contribution is 2.30. The largest absolute Gasteiger partial charge is 0.484 e. The van der Waals surface area contributed by atoms with Crippen LogP contribution in [-0.4, -0.2) is 18.4 Å². The van der Waals surface area contributed by atoms with Gasteiger partial charge in [-0.05, 0) is 60.5 Å². The summed E-state index contributed by atoms with van der Waals surface area (Å²) >= 11 is 0. The first kappa shape index (κ1) is 22.9. The molecule has 0 fully saturated rings. The maximum Gasteiger partial charge on any atom is 0.416 e. The van der Waals surface area contributed by atoms with Crippen molar-refractivity contribution in [2.45, 2.75) is 19.5 Å². The zero-order valence-electron chi connectivity index (χ0n) is 17.2. The second-order valence-electron chi connectivity index (χ2n) is 6.95. The van der Waals surface area contributed by atoms with Gasteiger partial charge >= 0.3 is 6.18 Å². The van der Waals surface area contributed by atoms with Gasteiger partial charge in [0.15, 0.2) is 6.61 Å². The van der Waals surface area contributed by atoms with E-state index in [9.17, 15) is 22.8 Å². The summed E-state index contributed by atoms with van der Waals surface area (Å²) in [5.41, 5.74) is 0.845. The lowest BCUT2D eigenvalue weighted by Gasteiger charge is -2.11. The van der Waals surface area contributed by atoms with Crippen LogP contribution in [0.1, 0.15) is 28.4 Å². The third-order valence-electron chi connectivity index (χ3n) is 4.56. The number of ether oxygens (including phenoxy) is 1. The lowest BCUT2D eigenvalue weighted by Crippen LogP contribution is -2.20. The first-order valence-electron chi connectivity index (χ1n) is 9.85. The molecule has 0 heterocycles. The second-order valence-corrected chi connectivity index (χ2v) is 6.95. The van der Waals surface area contributed by atoms with E-state index in [0.717, 1.165) is 24.1 Å². The second kappa shape index (κ2) is 10.00. The maximum absolute atomic E-state index is 12.8. The number of hydrogen-bond acceptors (Lipinski definition) is 3. The minimum atomic E-state index is -4.51. The summed E-state index contributed by atoms with van der Waals surface area (Å²) in [5.74, 6) is -0.459. The number of anilines is 2. The van der Waals surface area contributed by atoms with Crippen LogP contribution >= 0.6 is 0 Å². The molecular weight excluding hydrogens is 421 g/mol. The maximum atomic E-state index is 12.8. The molecule has 0 saturated heterocycles. The highest BCUT2D eigenvalue weighted by atomic mass is 19.4. The van der Waals surface area contributed by atoms with Crippen molar-refractivity contribution in [1.29, 1.82) is 0 Å². The Bertz CT molecular complexity index is 1100. The normalized spacial score (nSPS) is 11.0. The predicted molar refractivity (Wildman–Crippen MR) is 116 cm³/mol. The number of carbonyl (C=O) groups excluding carboxylic acids is 2. The molecule has 0 saturated carbocycles. The number of halogens is 3. The Morgan fingerprint density at radius 1 is 0.875 bits per heavy atom. The Balaban J connectivity index is 1.59. The molecule has 2 N–H and O–H groups in total. The molecule has 5 nitrogen and oxygen atoms in total. The van der Waals surface area contributed by atoms with Gasteiger partial charge in [0.25, 0.3) is 11.8 Å². The molecule has 0 aliphatic carbocycles. The highest BCUT2D eigenvalue weighted by Gasteiger charge is 2.30. The number of carbonyl (C=O) groups is 2. The van der Waals surface area contributed by atoms with Crippen LogP contribution in [0.5, 0.6) is 5.75 Å². The molecule has 8 heteroatoms. The Morgan fingerprint density at radius 3 is 2.19 bits per heavy atom. The standard InChI is InChI=1S/C24H21F3N2O3/c1-2-16-9-11-21(12-10-16)32-15-22(30)28-19-7-3-5-17(13-19)23(31)29-20-8-4-6-18(14-20)24(25,26)27/h3-14H,2,15H2,1H3,(H,28,30)(H,29,31). The van der Waals surface area contributed by atoms with Crippen LogP contribution in [0, 0.1) is 0 Å². The summed E-state index contributed by atoms with van der Waals surface area (Å²) in [5, 5.41) is 5.06. The molecule has 0 bridgehead atoms. The summed E-state index contributed by atoms with van der Waals surface area (Å²) in [6.45, 7) is 1.82. The molecule has 3 aromatic carbocycles. The number of alkyl halides is 3. The van der Waals surface area contributed by atoms with Crippen LogP contribution in [-0.2, 0) is 17.4 Å². The first-order valence-corrected chi connectivity index (χ1v) is 9.85. The lowest BCUT2D eigenvalue weighted by molar-refractivity contribution is -0.137. The monoisotopic (exact) mass is 442 g/mol. The van der Waals surface area contributed by atoms with E-state index in [1.54, 1.807) is 24.3 Å². The molecule has 2 amide bonds. The van der Waals surface area contributed by atoms with Gasteiger partial charge in [0.05, 0.1) is 5.56 Å². The van der Waals surface area contributed by atoms with Crippen molar-refractivity contribution in [3.05, 3.63) is 89.5 Å². The van der Waals surface area contributed by atoms with E-state index in [1.807, 2.05) is 19.1 Å². The SMILES string of the molecule is CCc1ccc(OCC(=O)Nc2cccc(C(=O)Nc3cccc(C(F)(F)F)c3)c2)cc1. The summed E-state index contributed by atoms with van der Waals surface area (Å²) < 4.78 is 44.0. The average Bonchev–Trinajstić information content (AvgIpc) is 2.78. The fourth-order valence-corrected chi connectivity index (χ4v) is 2.88. The van der Waals surface area contributed by atoms with Gasteiger partial charge in [-0.2, -0.15) is 13.2 Å². The van der Waals surface area contributed by atoms with E-state index in [2.05, 4.69) is 10.6 Å². The van der Waals surface area contributed by atoms with Crippen LogP contribution in [0.2, 0.25) is 0 Å². The van der Waals surface area contributed by atoms with Gasteiger partial charge in [-0.15, -0.1) is 0 Å². The molecule has 3 rings (SSSR count). The zero-order valence-corrected chi connectivity index (χ0v) is 17.2. The minimum Gasteiger partial charge on any atom is -0.484 e. The topological polar surface area (TPSA) is 67.4 Å². The highest BCUT2D eigenvalue weighted by molar-refractivity contribution is 6.05. The van der Waals surface area contributed by atoms with Gasteiger partial charge in [-0.25, -0.2) is 0 Å². The quantitative estimate of drug-likeness (QED) is 0.505. The summed E-state index contributed by atoms with van der Waals surface area (Å²) in [6.07, 6.45) is -3.61. The smallest absolute Gasteiger partial charge is 0.416 e. The van der Waals surface area contributed by atoms with Gasteiger partial charge in [0, 0.05) is 16.9 Å². The van der Waals surface area contributed by atoms with E-state index in [1.165, 1.54) is 24.3 Å². The van der Waals surface area contributed by atoms with E-state index < -0.39 is 23.6 Å². The van der Waals surface area contributed by atoms with Crippen molar-refractivity contribution in [2.24, 2.45) is 0 Å². The number of hydrogen-bond donors (Lipinski definition) is 2. The van der Waals surface area contributed by atoms with Gasteiger partial charge in [-0.1, -0.05) is 31.2 Å². The van der Waals surface area contributed by atoms with Gasteiger partial charge < -0.3 is 15.4 Å². The molecule has 0 aliphatic rings. The molecule has 0 atom stereocenters. The molecule has 3 aromatic rings. The number of rotatable bonds is 7. The number of aryl methyl sites for hydroxylation is 1. The Kier molecular flexibility index (Phi) is 7.14. The molecule has 0 radical (unpaired) electrons. The summed E-state index contributed by atoms with van der Waals surface area (Å²) in [4.78, 5) is 24.6. The number of amides is 2. The fraction of sp³-hybridized carbons (Fsp3) is 0.167. The lowest BCUT2D eigenvalue weighted by atomic mass is 10.1. The van der Waals surface area contributed by atoms with Gasteiger partial charge in [0.2, 0.25) is 0 Å². The van der Waals surface area contributed by atoms with Crippen molar-refractivity contribution in [2.75, 3.05) is 17.2 Å². The molecule has 0 spiro atoms. The third-order valence-corrected chi connectivity index (χ3v) is 4.56. The fourth-order valence-electron chi connectivity index (χ4n) is 2.88. The summed E-state index contributed by atoms with van der Waals surface area (Å²) in [7, 11) is 0. The van der Waals surface area contributed by atoms with Crippen molar-refractivity contribution in [1.82, 2.24) is 0 Å². The predicted octanol–water partition coefficient (Wildman–Crippen LogP) is 5.54. The van der Waals surface area contributed by atoms with E-state index in [-0.39, 0.29) is 17.9 Å². The molecule has 32 heavy (non-hydrogen) atoms. The molecular formula is C24H21F3N2O3. The van der Waals surface area contributed by atoms with Crippen LogP contribution in [0.3, 0.4) is 0 Å². The van der Waals surface area contributed by atoms with Crippen LogP contribution < -0.4 is 15.4 Å². The average molecular weight is 442 g/mol. The molecule has 0 unspecified atom stereocenters. The van der Waals surface area contributed by atoms with E-state index in [4.69, 9.17) is 4.74 Å². The van der Waals surface area contributed by atoms with Crippen molar-refractivity contribution in [3.8, 4) is 5.75 Å². The Labute approximate surface area is 183 Å². The van der Waals surface area contributed by atoms with Crippen molar-refractivity contribution >= 4 is 23.2 Å². The Hall–Kier alpha value is -3.81. The number of nitrogens with one attached hydrogen (secondary N) is 2. The van der Waals surface area contributed by atoms with Gasteiger partial charge in [-0.3, -0.25) is 9.59 Å². The van der Waals surface area contributed by atoms with E-state index in [0.29, 0.717) is 11.4 Å². The third kappa shape index (κ3) is 6.34. The van der Waals surface area contributed by atoms with Crippen LogP contribution in [0.4, 0.5) is 24.5 Å². The number of benzene rings is 3. The zero-order chi connectivity index (χ0) is 23.1. The van der Waals surface area contributed by atoms with Crippen LogP contribution in [0.25, 0.3) is 0 Å².